The fourth-order valence-corrected chi connectivity index (χ4v) is 3.48. The van der Waals surface area contributed by atoms with Crippen LogP contribution in [0.25, 0.3) is 5.69 Å². The molecular formula is C26H26N4O2. The second-order valence-corrected chi connectivity index (χ2v) is 7.63. The summed E-state index contributed by atoms with van der Waals surface area (Å²) in [6.45, 7) is 4.41. The Morgan fingerprint density at radius 1 is 1.00 bits per heavy atom. The predicted molar refractivity (Wildman–Crippen MR) is 124 cm³/mol. The van der Waals surface area contributed by atoms with Gasteiger partial charge in [-0.25, -0.2) is 4.68 Å². The number of benzene rings is 2. The predicted octanol–water partition coefficient (Wildman–Crippen LogP) is 4.93. The molecule has 0 atom stereocenters. The van der Waals surface area contributed by atoms with E-state index in [9.17, 15) is 4.79 Å². The molecular weight excluding hydrogens is 400 g/mol. The van der Waals surface area contributed by atoms with Gasteiger partial charge < -0.3 is 10.1 Å². The van der Waals surface area contributed by atoms with Crippen LogP contribution in [0, 0.1) is 13.8 Å². The Hall–Kier alpha value is -3.93. The second-order valence-electron chi connectivity index (χ2n) is 7.63. The SMILES string of the molecule is Cc1cccc(-n2nc(C)c(CCC(=O)NCc3ccccn3)c2Oc2ccccc2)c1. The monoisotopic (exact) mass is 426 g/mol. The minimum Gasteiger partial charge on any atom is -0.439 e. The maximum absolute atomic E-state index is 12.5. The Labute approximate surface area is 187 Å². The molecule has 0 fully saturated rings. The largest absolute Gasteiger partial charge is 0.439 e. The van der Waals surface area contributed by atoms with E-state index >= 15 is 0 Å². The first-order valence-electron chi connectivity index (χ1n) is 10.6. The average Bonchev–Trinajstić information content (AvgIpc) is 3.12. The maximum atomic E-state index is 12.5. The summed E-state index contributed by atoms with van der Waals surface area (Å²) in [6.07, 6.45) is 2.57. The molecule has 0 aliphatic rings. The van der Waals surface area contributed by atoms with Crippen LogP contribution < -0.4 is 10.1 Å². The summed E-state index contributed by atoms with van der Waals surface area (Å²) in [4.78, 5) is 16.7. The van der Waals surface area contributed by atoms with Gasteiger partial charge in [0.25, 0.3) is 0 Å². The fourth-order valence-electron chi connectivity index (χ4n) is 3.48. The van der Waals surface area contributed by atoms with E-state index in [1.54, 1.807) is 6.20 Å². The van der Waals surface area contributed by atoms with E-state index in [0.29, 0.717) is 25.3 Å². The van der Waals surface area contributed by atoms with Crippen molar-refractivity contribution < 1.29 is 9.53 Å². The number of carbonyl (C=O) groups excluding carboxylic acids is 1. The zero-order chi connectivity index (χ0) is 22.3. The number of aromatic nitrogens is 3. The molecule has 2 aromatic heterocycles. The molecule has 1 N–H and O–H groups in total. The summed E-state index contributed by atoms with van der Waals surface area (Å²) in [5, 5.41) is 7.67. The molecule has 4 aromatic rings. The number of para-hydroxylation sites is 1. The van der Waals surface area contributed by atoms with Gasteiger partial charge in [0.2, 0.25) is 11.8 Å². The van der Waals surface area contributed by atoms with Crippen molar-refractivity contribution in [3.8, 4) is 17.3 Å². The first-order valence-corrected chi connectivity index (χ1v) is 10.6. The van der Waals surface area contributed by atoms with Crippen LogP contribution in [-0.2, 0) is 17.8 Å². The zero-order valence-corrected chi connectivity index (χ0v) is 18.3. The van der Waals surface area contributed by atoms with Crippen LogP contribution in [0.5, 0.6) is 11.6 Å². The van der Waals surface area contributed by atoms with E-state index in [1.165, 1.54) is 0 Å². The number of nitrogens with one attached hydrogen (secondary N) is 1. The molecule has 0 bridgehead atoms. The lowest BCUT2D eigenvalue weighted by Gasteiger charge is -2.12. The topological polar surface area (TPSA) is 69.0 Å². The van der Waals surface area contributed by atoms with Gasteiger partial charge >= 0.3 is 0 Å². The number of pyridine rings is 1. The highest BCUT2D eigenvalue weighted by Crippen LogP contribution is 2.31. The zero-order valence-electron chi connectivity index (χ0n) is 18.3. The van der Waals surface area contributed by atoms with Crippen LogP contribution in [-0.4, -0.2) is 20.7 Å². The van der Waals surface area contributed by atoms with Crippen molar-refractivity contribution in [3.05, 3.63) is 102 Å². The molecule has 1 amide bonds. The molecule has 0 unspecified atom stereocenters. The van der Waals surface area contributed by atoms with E-state index in [2.05, 4.69) is 16.4 Å². The Morgan fingerprint density at radius 2 is 1.81 bits per heavy atom. The first-order chi connectivity index (χ1) is 15.6. The van der Waals surface area contributed by atoms with Gasteiger partial charge in [-0.05, 0) is 62.2 Å². The maximum Gasteiger partial charge on any atom is 0.226 e. The minimum atomic E-state index is -0.0379. The summed E-state index contributed by atoms with van der Waals surface area (Å²) in [5.74, 6) is 1.32. The number of ether oxygens (including phenoxy) is 1. The third kappa shape index (κ3) is 5.21. The number of hydrogen-bond acceptors (Lipinski definition) is 4. The molecule has 6 heteroatoms. The molecule has 2 heterocycles. The minimum absolute atomic E-state index is 0.0379. The number of carbonyl (C=O) groups is 1. The van der Waals surface area contributed by atoms with Crippen molar-refractivity contribution in [2.45, 2.75) is 33.2 Å². The smallest absolute Gasteiger partial charge is 0.226 e. The summed E-state index contributed by atoms with van der Waals surface area (Å²) < 4.78 is 8.09. The lowest BCUT2D eigenvalue weighted by Crippen LogP contribution is -2.23. The third-order valence-corrected chi connectivity index (χ3v) is 5.14. The molecule has 0 aliphatic heterocycles. The van der Waals surface area contributed by atoms with Crippen molar-refractivity contribution in [1.82, 2.24) is 20.1 Å². The standard InChI is InChI=1S/C26H26N4O2/c1-19-9-8-11-22(17-19)30-26(32-23-12-4-3-5-13-23)24(20(2)29-30)14-15-25(31)28-18-21-10-6-7-16-27-21/h3-13,16-17H,14-15,18H2,1-2H3,(H,28,31). The molecule has 0 aliphatic carbocycles. The van der Waals surface area contributed by atoms with Crippen molar-refractivity contribution in [2.24, 2.45) is 0 Å². The summed E-state index contributed by atoms with van der Waals surface area (Å²) in [6, 6.07) is 23.4. The number of hydrogen-bond donors (Lipinski definition) is 1. The van der Waals surface area contributed by atoms with Crippen LogP contribution in [0.1, 0.15) is 28.9 Å². The van der Waals surface area contributed by atoms with Gasteiger partial charge in [0, 0.05) is 18.2 Å². The van der Waals surface area contributed by atoms with Gasteiger partial charge in [-0.15, -0.1) is 0 Å². The molecule has 162 valence electrons. The number of amides is 1. The van der Waals surface area contributed by atoms with E-state index in [-0.39, 0.29) is 5.91 Å². The van der Waals surface area contributed by atoms with Crippen LogP contribution in [0.2, 0.25) is 0 Å². The van der Waals surface area contributed by atoms with Gasteiger partial charge in [0.1, 0.15) is 5.75 Å². The van der Waals surface area contributed by atoms with Crippen molar-refractivity contribution in [2.75, 3.05) is 0 Å². The second kappa shape index (κ2) is 9.92. The van der Waals surface area contributed by atoms with E-state index in [1.807, 2.05) is 85.3 Å². The lowest BCUT2D eigenvalue weighted by molar-refractivity contribution is -0.121. The highest BCUT2D eigenvalue weighted by molar-refractivity contribution is 5.76. The molecule has 0 saturated heterocycles. The Kier molecular flexibility index (Phi) is 6.60. The van der Waals surface area contributed by atoms with Crippen LogP contribution in [0.3, 0.4) is 0 Å². The van der Waals surface area contributed by atoms with Gasteiger partial charge in [0.15, 0.2) is 0 Å². The Balaban J connectivity index is 1.56. The molecule has 2 aromatic carbocycles. The van der Waals surface area contributed by atoms with Crippen LogP contribution in [0.4, 0.5) is 0 Å². The van der Waals surface area contributed by atoms with Gasteiger partial charge in [-0.3, -0.25) is 9.78 Å². The Morgan fingerprint density at radius 3 is 2.56 bits per heavy atom. The van der Waals surface area contributed by atoms with E-state index < -0.39 is 0 Å². The Bertz CT molecular complexity index is 1190. The van der Waals surface area contributed by atoms with Crippen molar-refractivity contribution in [3.63, 3.8) is 0 Å². The number of rotatable bonds is 8. The van der Waals surface area contributed by atoms with Crippen LogP contribution in [0.15, 0.2) is 79.0 Å². The quantitative estimate of drug-likeness (QED) is 0.434. The molecule has 0 radical (unpaired) electrons. The molecule has 6 nitrogen and oxygen atoms in total. The van der Waals surface area contributed by atoms with Crippen molar-refractivity contribution >= 4 is 5.91 Å². The molecule has 0 spiro atoms. The molecule has 32 heavy (non-hydrogen) atoms. The number of aryl methyl sites for hydroxylation is 2. The first kappa shape index (κ1) is 21.3. The van der Waals surface area contributed by atoms with Gasteiger partial charge in [-0.2, -0.15) is 5.10 Å². The van der Waals surface area contributed by atoms with E-state index in [0.717, 1.165) is 34.0 Å². The number of nitrogens with zero attached hydrogens (tertiary/aromatic N) is 3. The summed E-state index contributed by atoms with van der Waals surface area (Å²) in [5.41, 5.74) is 4.65. The molecule has 0 saturated carbocycles. The van der Waals surface area contributed by atoms with Crippen LogP contribution >= 0.6 is 0 Å². The van der Waals surface area contributed by atoms with Gasteiger partial charge in [-0.1, -0.05) is 36.4 Å². The highest BCUT2D eigenvalue weighted by Gasteiger charge is 2.20. The van der Waals surface area contributed by atoms with Crippen molar-refractivity contribution in [1.29, 1.82) is 0 Å². The van der Waals surface area contributed by atoms with E-state index in [4.69, 9.17) is 9.84 Å². The highest BCUT2D eigenvalue weighted by atomic mass is 16.5. The van der Waals surface area contributed by atoms with Gasteiger partial charge in [0.05, 0.1) is 23.6 Å². The lowest BCUT2D eigenvalue weighted by atomic mass is 10.1. The summed E-state index contributed by atoms with van der Waals surface area (Å²) in [7, 11) is 0. The normalized spacial score (nSPS) is 10.7. The fraction of sp³-hybridized carbons (Fsp3) is 0.192. The summed E-state index contributed by atoms with van der Waals surface area (Å²) >= 11 is 0. The average molecular weight is 427 g/mol. The molecule has 4 rings (SSSR count). The third-order valence-electron chi connectivity index (χ3n) is 5.14.